The molecule has 0 aromatic carbocycles. The van der Waals surface area contributed by atoms with Crippen LogP contribution in [0.1, 0.15) is 6.42 Å². The van der Waals surface area contributed by atoms with Gasteiger partial charge in [-0.05, 0) is 32.4 Å². The summed E-state index contributed by atoms with van der Waals surface area (Å²) in [6, 6.07) is 0.940. The highest BCUT2D eigenvalue weighted by molar-refractivity contribution is 5.02. The second kappa shape index (κ2) is 3.72. The van der Waals surface area contributed by atoms with Gasteiger partial charge in [-0.3, -0.25) is 4.90 Å². The van der Waals surface area contributed by atoms with Crippen LogP contribution in [-0.2, 0) is 0 Å². The average Bonchev–Trinajstić information content (AvgIpc) is 2.21. The van der Waals surface area contributed by atoms with E-state index < -0.39 is 0 Å². The molecular formula is C12H23N3. The van der Waals surface area contributed by atoms with Crippen molar-refractivity contribution in [3.8, 4) is 0 Å². The molecule has 0 spiro atoms. The fourth-order valence-electron chi connectivity index (χ4n) is 3.81. The number of piperidine rings is 2. The van der Waals surface area contributed by atoms with E-state index in [1.807, 2.05) is 0 Å². The van der Waals surface area contributed by atoms with Crippen LogP contribution >= 0.6 is 0 Å². The molecule has 2 aliphatic heterocycles. The number of piperazine rings is 1. The molecule has 0 amide bonds. The second-order valence-corrected chi connectivity index (χ2v) is 5.81. The molecule has 3 fully saturated rings. The number of hydrogen-bond acceptors (Lipinski definition) is 3. The molecule has 1 aliphatic carbocycles. The summed E-state index contributed by atoms with van der Waals surface area (Å²) < 4.78 is 0. The largest absolute Gasteiger partial charge is 0.306 e. The number of likely N-dealkylation sites (tertiary alicyclic amines) is 1. The maximum absolute atomic E-state index is 2.77. The normalized spacial score (nSPS) is 44.0. The highest BCUT2D eigenvalue weighted by Crippen LogP contribution is 2.42. The molecular weight excluding hydrogens is 186 g/mol. The van der Waals surface area contributed by atoms with Crippen molar-refractivity contribution in [2.24, 2.45) is 11.8 Å². The van der Waals surface area contributed by atoms with Crippen LogP contribution in [0.4, 0.5) is 0 Å². The molecule has 1 saturated carbocycles. The summed E-state index contributed by atoms with van der Waals surface area (Å²) in [5.41, 5.74) is 0. The third-order valence-corrected chi connectivity index (χ3v) is 4.62. The lowest BCUT2D eigenvalue weighted by molar-refractivity contribution is -0.0798. The molecule has 2 unspecified atom stereocenters. The lowest BCUT2D eigenvalue weighted by Gasteiger charge is -2.58. The summed E-state index contributed by atoms with van der Waals surface area (Å²) in [5.74, 6) is 1.97. The minimum atomic E-state index is 0.940. The average molecular weight is 209 g/mol. The number of likely N-dealkylation sites (N-methyl/N-ethyl adjacent to an activating group) is 1. The smallest absolute Gasteiger partial charge is 0.0177 e. The Hall–Kier alpha value is -0.120. The first kappa shape index (κ1) is 10.1. The van der Waals surface area contributed by atoms with Crippen LogP contribution in [0.5, 0.6) is 0 Å². The Morgan fingerprint density at radius 3 is 2.00 bits per heavy atom. The van der Waals surface area contributed by atoms with Gasteiger partial charge in [0.25, 0.3) is 0 Å². The van der Waals surface area contributed by atoms with E-state index in [9.17, 15) is 0 Å². The first-order valence-corrected chi connectivity index (χ1v) is 6.35. The molecule has 2 atom stereocenters. The highest BCUT2D eigenvalue weighted by Gasteiger charge is 2.48. The summed E-state index contributed by atoms with van der Waals surface area (Å²) in [6.07, 6.45) is 1.50. The summed E-state index contributed by atoms with van der Waals surface area (Å²) in [4.78, 5) is 7.74. The Bertz CT molecular complexity index is 223. The number of fused-ring (bicyclic) bond motifs is 2. The van der Waals surface area contributed by atoms with E-state index in [0.29, 0.717) is 0 Å². The number of rotatable bonds is 1. The third-order valence-electron chi connectivity index (χ3n) is 4.62. The van der Waals surface area contributed by atoms with Gasteiger partial charge in [0.05, 0.1) is 0 Å². The van der Waals surface area contributed by atoms with Crippen LogP contribution in [0.3, 0.4) is 0 Å². The molecule has 2 heterocycles. The van der Waals surface area contributed by atoms with E-state index in [4.69, 9.17) is 0 Å². The Morgan fingerprint density at radius 2 is 1.40 bits per heavy atom. The Labute approximate surface area is 93.0 Å². The molecule has 86 valence electrons. The Morgan fingerprint density at radius 1 is 0.800 bits per heavy atom. The molecule has 0 aromatic rings. The predicted molar refractivity (Wildman–Crippen MR) is 62.0 cm³/mol. The van der Waals surface area contributed by atoms with E-state index in [-0.39, 0.29) is 0 Å². The van der Waals surface area contributed by atoms with Crippen molar-refractivity contribution >= 4 is 0 Å². The molecule has 2 saturated heterocycles. The van der Waals surface area contributed by atoms with Gasteiger partial charge in [0.2, 0.25) is 0 Å². The number of nitrogens with zero attached hydrogens (tertiary/aromatic N) is 3. The van der Waals surface area contributed by atoms with E-state index in [2.05, 4.69) is 28.8 Å². The summed E-state index contributed by atoms with van der Waals surface area (Å²) in [6.45, 7) is 7.83. The maximum Gasteiger partial charge on any atom is 0.0177 e. The molecule has 15 heavy (non-hydrogen) atoms. The van der Waals surface area contributed by atoms with Gasteiger partial charge in [0.15, 0.2) is 0 Å². The quantitative estimate of drug-likeness (QED) is 0.610. The molecule has 0 aromatic heterocycles. The van der Waals surface area contributed by atoms with Crippen molar-refractivity contribution in [3.63, 3.8) is 0 Å². The van der Waals surface area contributed by atoms with Crippen LogP contribution in [0.15, 0.2) is 0 Å². The van der Waals surface area contributed by atoms with Gasteiger partial charge in [-0.1, -0.05) is 0 Å². The van der Waals surface area contributed by atoms with Gasteiger partial charge >= 0.3 is 0 Å². The van der Waals surface area contributed by atoms with Crippen LogP contribution in [0.25, 0.3) is 0 Å². The van der Waals surface area contributed by atoms with Crippen LogP contribution < -0.4 is 0 Å². The van der Waals surface area contributed by atoms with Crippen molar-refractivity contribution in [3.05, 3.63) is 0 Å². The molecule has 3 aliphatic rings. The van der Waals surface area contributed by atoms with Gasteiger partial charge in [0.1, 0.15) is 0 Å². The minimum absolute atomic E-state index is 0.940. The first-order chi connectivity index (χ1) is 7.24. The number of hydrogen-bond donors (Lipinski definition) is 0. The zero-order valence-corrected chi connectivity index (χ0v) is 10.0. The molecule has 0 radical (unpaired) electrons. The second-order valence-electron chi connectivity index (χ2n) is 5.81. The third kappa shape index (κ3) is 1.71. The van der Waals surface area contributed by atoms with Crippen LogP contribution in [0.2, 0.25) is 0 Å². The van der Waals surface area contributed by atoms with E-state index in [1.54, 1.807) is 0 Å². The zero-order chi connectivity index (χ0) is 10.4. The monoisotopic (exact) mass is 209 g/mol. The van der Waals surface area contributed by atoms with Crippen molar-refractivity contribution < 1.29 is 0 Å². The standard InChI is InChI=1S/C12H23N3/c1-13-3-5-15(6-4-13)12-10-7-11(12)9-14(2)8-10/h10-12H,3-9H2,1-2H3. The van der Waals surface area contributed by atoms with Gasteiger partial charge < -0.3 is 9.80 Å². The van der Waals surface area contributed by atoms with Gasteiger partial charge in [0, 0.05) is 45.3 Å². The van der Waals surface area contributed by atoms with Gasteiger partial charge in [-0.15, -0.1) is 0 Å². The molecule has 3 rings (SSSR count). The topological polar surface area (TPSA) is 9.72 Å². The lowest BCUT2D eigenvalue weighted by Crippen LogP contribution is -2.66. The van der Waals surface area contributed by atoms with Crippen LogP contribution in [-0.4, -0.2) is 74.1 Å². The summed E-state index contributed by atoms with van der Waals surface area (Å²) in [7, 11) is 4.52. The molecule has 3 heteroatoms. The molecule has 2 bridgehead atoms. The highest BCUT2D eigenvalue weighted by atomic mass is 15.3. The SMILES string of the molecule is CN1CCN(C2C3CC2CN(C)C3)CC1. The van der Waals surface area contributed by atoms with Crippen molar-refractivity contribution in [1.82, 2.24) is 14.7 Å². The fourth-order valence-corrected chi connectivity index (χ4v) is 3.81. The van der Waals surface area contributed by atoms with Crippen molar-refractivity contribution in [2.45, 2.75) is 12.5 Å². The Kier molecular flexibility index (Phi) is 2.49. The maximum atomic E-state index is 2.77. The van der Waals surface area contributed by atoms with Crippen molar-refractivity contribution in [1.29, 1.82) is 0 Å². The predicted octanol–water partition coefficient (Wildman–Crippen LogP) is 0.184. The van der Waals surface area contributed by atoms with Gasteiger partial charge in [-0.2, -0.15) is 0 Å². The Balaban J connectivity index is 1.60. The zero-order valence-electron chi connectivity index (χ0n) is 10.0. The summed E-state index contributed by atoms with van der Waals surface area (Å²) >= 11 is 0. The van der Waals surface area contributed by atoms with Crippen molar-refractivity contribution in [2.75, 3.05) is 53.4 Å². The van der Waals surface area contributed by atoms with Crippen LogP contribution in [0, 0.1) is 11.8 Å². The summed E-state index contributed by atoms with van der Waals surface area (Å²) in [5, 5.41) is 0. The molecule has 0 N–H and O–H groups in total. The fraction of sp³-hybridized carbons (Fsp3) is 1.00. The molecule has 3 nitrogen and oxygen atoms in total. The minimum Gasteiger partial charge on any atom is -0.306 e. The first-order valence-electron chi connectivity index (χ1n) is 6.35. The van der Waals surface area contributed by atoms with E-state index in [1.165, 1.54) is 45.7 Å². The lowest BCUT2D eigenvalue weighted by atomic mass is 9.65. The van der Waals surface area contributed by atoms with Gasteiger partial charge in [-0.25, -0.2) is 0 Å². The van der Waals surface area contributed by atoms with E-state index in [0.717, 1.165) is 17.9 Å². The van der Waals surface area contributed by atoms with E-state index >= 15 is 0 Å².